The van der Waals surface area contributed by atoms with Gasteiger partial charge in [-0.05, 0) is 53.6 Å². The summed E-state index contributed by atoms with van der Waals surface area (Å²) in [6.45, 7) is 2.17. The van der Waals surface area contributed by atoms with E-state index in [9.17, 15) is 13.2 Å². The fraction of sp³-hybridized carbons (Fsp3) is 0.368. The van der Waals surface area contributed by atoms with Crippen LogP contribution in [0.1, 0.15) is 43.9 Å². The Morgan fingerprint density at radius 1 is 1.27 bits per heavy atom. The van der Waals surface area contributed by atoms with Crippen LogP contribution in [-0.4, -0.2) is 16.9 Å². The van der Waals surface area contributed by atoms with E-state index in [0.717, 1.165) is 23.3 Å². The summed E-state index contributed by atoms with van der Waals surface area (Å²) in [5, 5.41) is 9.87. The highest BCUT2D eigenvalue weighted by Gasteiger charge is 2.31. The van der Waals surface area contributed by atoms with Crippen LogP contribution < -0.4 is 5.73 Å². The van der Waals surface area contributed by atoms with Crippen LogP contribution in [0.3, 0.4) is 0 Å². The Balaban J connectivity index is 2.20. The van der Waals surface area contributed by atoms with Gasteiger partial charge in [0, 0.05) is 11.1 Å². The molecule has 26 heavy (non-hydrogen) atoms. The van der Waals surface area contributed by atoms with Crippen LogP contribution in [0.15, 0.2) is 41.5 Å². The van der Waals surface area contributed by atoms with Crippen molar-refractivity contribution in [1.82, 2.24) is 4.98 Å². The number of aryl methyl sites for hydroxylation is 1. The quantitative estimate of drug-likeness (QED) is 0.455. The Morgan fingerprint density at radius 2 is 2.04 bits per heavy atom. The second-order valence-corrected chi connectivity index (χ2v) is 6.94. The third-order valence-corrected chi connectivity index (χ3v) is 4.98. The van der Waals surface area contributed by atoms with Gasteiger partial charge in [0.2, 0.25) is 0 Å². The molecule has 2 aromatic heterocycles. The van der Waals surface area contributed by atoms with Gasteiger partial charge in [0.1, 0.15) is 5.70 Å². The summed E-state index contributed by atoms with van der Waals surface area (Å²) < 4.78 is 37.6. The molecule has 0 radical (unpaired) electrons. The molecule has 0 saturated heterocycles. The van der Waals surface area contributed by atoms with Gasteiger partial charge in [-0.2, -0.15) is 13.2 Å². The standard InChI is InChI=1S/C19H22F3N3S/c1-2-3-4-5-6-13-8-10-26-18(13)14-7-9-25-16(11-14)15(23)12-17(24)19(20,21)22/h7-12,23H,2-6,24H2,1H3/b17-12-,23-15?. The zero-order valence-corrected chi connectivity index (χ0v) is 15.4. The van der Waals surface area contributed by atoms with Gasteiger partial charge in [-0.15, -0.1) is 11.3 Å². The highest BCUT2D eigenvalue weighted by Crippen LogP contribution is 2.31. The summed E-state index contributed by atoms with van der Waals surface area (Å²) in [5.41, 5.74) is 5.58. The minimum absolute atomic E-state index is 0.167. The van der Waals surface area contributed by atoms with Gasteiger partial charge in [0.25, 0.3) is 0 Å². The van der Waals surface area contributed by atoms with E-state index in [1.807, 2.05) is 11.4 Å². The largest absolute Gasteiger partial charge is 0.430 e. The van der Waals surface area contributed by atoms with Gasteiger partial charge in [-0.1, -0.05) is 26.2 Å². The fourth-order valence-electron chi connectivity index (χ4n) is 2.56. The lowest BCUT2D eigenvalue weighted by molar-refractivity contribution is -0.0925. The molecule has 7 heteroatoms. The second-order valence-electron chi connectivity index (χ2n) is 6.03. The number of allylic oxidation sites excluding steroid dienone is 2. The topological polar surface area (TPSA) is 62.8 Å². The number of halogens is 3. The first-order valence-corrected chi connectivity index (χ1v) is 9.37. The van der Waals surface area contributed by atoms with Crippen molar-refractivity contribution in [2.75, 3.05) is 0 Å². The molecule has 0 aromatic carbocycles. The maximum atomic E-state index is 12.5. The Hall–Kier alpha value is -2.15. The zero-order chi connectivity index (χ0) is 19.2. The van der Waals surface area contributed by atoms with Crippen LogP contribution in [0.5, 0.6) is 0 Å². The molecule has 2 rings (SSSR count). The molecule has 0 aliphatic heterocycles. The molecule has 0 fully saturated rings. The Morgan fingerprint density at radius 3 is 2.73 bits per heavy atom. The van der Waals surface area contributed by atoms with Crippen LogP contribution in [-0.2, 0) is 6.42 Å². The van der Waals surface area contributed by atoms with Crippen molar-refractivity contribution < 1.29 is 13.2 Å². The number of nitrogens with one attached hydrogen (secondary N) is 1. The van der Waals surface area contributed by atoms with E-state index >= 15 is 0 Å². The monoisotopic (exact) mass is 381 g/mol. The average molecular weight is 381 g/mol. The Bertz CT molecular complexity index is 778. The highest BCUT2D eigenvalue weighted by molar-refractivity contribution is 7.13. The van der Waals surface area contributed by atoms with Crippen molar-refractivity contribution in [1.29, 1.82) is 5.41 Å². The molecule has 2 heterocycles. The Kier molecular flexibility index (Phi) is 6.97. The summed E-state index contributed by atoms with van der Waals surface area (Å²) in [7, 11) is 0. The van der Waals surface area contributed by atoms with Crippen molar-refractivity contribution in [2.45, 2.75) is 45.2 Å². The number of hydrogen-bond donors (Lipinski definition) is 2. The number of rotatable bonds is 8. The molecule has 3 nitrogen and oxygen atoms in total. The number of hydrogen-bond acceptors (Lipinski definition) is 4. The van der Waals surface area contributed by atoms with E-state index < -0.39 is 11.9 Å². The van der Waals surface area contributed by atoms with Crippen LogP contribution in [0.25, 0.3) is 10.4 Å². The van der Waals surface area contributed by atoms with Crippen molar-refractivity contribution >= 4 is 17.0 Å². The number of thiophene rings is 1. The van der Waals surface area contributed by atoms with Crippen LogP contribution in [0.4, 0.5) is 13.2 Å². The molecular weight excluding hydrogens is 359 g/mol. The third-order valence-electron chi connectivity index (χ3n) is 3.97. The van der Waals surface area contributed by atoms with Crippen LogP contribution >= 0.6 is 11.3 Å². The first-order chi connectivity index (χ1) is 12.3. The molecular formula is C19H22F3N3S. The third kappa shape index (κ3) is 5.42. The summed E-state index contributed by atoms with van der Waals surface area (Å²) in [5.74, 6) is 0. The lowest BCUT2D eigenvalue weighted by atomic mass is 10.0. The van der Waals surface area contributed by atoms with Gasteiger partial charge < -0.3 is 5.73 Å². The lowest BCUT2D eigenvalue weighted by Crippen LogP contribution is -2.20. The van der Waals surface area contributed by atoms with Crippen molar-refractivity contribution in [2.24, 2.45) is 5.73 Å². The molecule has 0 aliphatic carbocycles. The number of alkyl halides is 3. The number of nitrogens with two attached hydrogens (primary N) is 1. The van der Waals surface area contributed by atoms with E-state index in [2.05, 4.69) is 18.0 Å². The summed E-state index contributed by atoms with van der Waals surface area (Å²) in [6.07, 6.45) is 3.11. The SMILES string of the molecule is CCCCCCc1ccsc1-c1ccnc(C(=N)/C=C(\N)C(F)(F)F)c1. The van der Waals surface area contributed by atoms with E-state index in [1.54, 1.807) is 17.4 Å². The van der Waals surface area contributed by atoms with Gasteiger partial charge in [-0.25, -0.2) is 0 Å². The molecule has 0 saturated carbocycles. The Labute approximate surface area is 155 Å². The first kappa shape index (κ1) is 20.2. The van der Waals surface area contributed by atoms with Crippen LogP contribution in [0, 0.1) is 5.41 Å². The lowest BCUT2D eigenvalue weighted by Gasteiger charge is -2.08. The predicted octanol–water partition coefficient (Wildman–Crippen LogP) is 5.71. The summed E-state index contributed by atoms with van der Waals surface area (Å²) >= 11 is 1.59. The van der Waals surface area contributed by atoms with Crippen molar-refractivity contribution in [3.63, 3.8) is 0 Å². The minimum Gasteiger partial charge on any atom is -0.395 e. The summed E-state index contributed by atoms with van der Waals surface area (Å²) in [4.78, 5) is 5.09. The first-order valence-electron chi connectivity index (χ1n) is 8.49. The molecule has 0 aliphatic rings. The smallest absolute Gasteiger partial charge is 0.395 e. The minimum atomic E-state index is -4.65. The van der Waals surface area contributed by atoms with E-state index in [-0.39, 0.29) is 11.4 Å². The van der Waals surface area contributed by atoms with Crippen molar-refractivity contribution in [3.05, 3.63) is 52.8 Å². The predicted molar refractivity (Wildman–Crippen MR) is 101 cm³/mol. The van der Waals surface area contributed by atoms with Gasteiger partial charge in [0.05, 0.1) is 11.4 Å². The van der Waals surface area contributed by atoms with Gasteiger partial charge in [-0.3, -0.25) is 10.4 Å². The normalized spacial score (nSPS) is 12.4. The second kappa shape index (κ2) is 8.98. The van der Waals surface area contributed by atoms with E-state index in [4.69, 9.17) is 11.1 Å². The molecule has 0 bridgehead atoms. The molecule has 3 N–H and O–H groups in total. The highest BCUT2D eigenvalue weighted by atomic mass is 32.1. The number of nitrogens with zero attached hydrogens (tertiary/aromatic N) is 1. The van der Waals surface area contributed by atoms with E-state index in [1.165, 1.54) is 31.0 Å². The maximum Gasteiger partial charge on any atom is 0.430 e. The van der Waals surface area contributed by atoms with Crippen molar-refractivity contribution in [3.8, 4) is 10.4 Å². The number of aromatic nitrogens is 1. The molecule has 0 amide bonds. The maximum absolute atomic E-state index is 12.5. The average Bonchev–Trinajstić information content (AvgIpc) is 3.06. The van der Waals surface area contributed by atoms with E-state index in [0.29, 0.717) is 6.08 Å². The number of unbranched alkanes of at least 4 members (excludes halogenated alkanes) is 3. The van der Waals surface area contributed by atoms with Crippen LogP contribution in [0.2, 0.25) is 0 Å². The van der Waals surface area contributed by atoms with Gasteiger partial charge >= 0.3 is 6.18 Å². The summed E-state index contributed by atoms with van der Waals surface area (Å²) in [6, 6.07) is 5.54. The van der Waals surface area contributed by atoms with Gasteiger partial charge in [0.15, 0.2) is 0 Å². The molecule has 140 valence electrons. The molecule has 0 atom stereocenters. The fourth-order valence-corrected chi connectivity index (χ4v) is 3.51. The molecule has 2 aromatic rings. The number of pyridine rings is 1. The zero-order valence-electron chi connectivity index (χ0n) is 14.6. The molecule has 0 unspecified atom stereocenters. The molecule has 0 spiro atoms.